The van der Waals surface area contributed by atoms with Crippen LogP contribution in [0.2, 0.25) is 0 Å². The molecule has 0 bridgehead atoms. The predicted molar refractivity (Wildman–Crippen MR) is 29.3 cm³/mol. The van der Waals surface area contributed by atoms with Crippen LogP contribution in [0.25, 0.3) is 0 Å². The van der Waals surface area contributed by atoms with Crippen molar-refractivity contribution in [3.63, 3.8) is 0 Å². The predicted octanol–water partition coefficient (Wildman–Crippen LogP) is 1.54. The molecule has 0 unspecified atom stereocenters. The summed E-state index contributed by atoms with van der Waals surface area (Å²) >= 11 is 7.86. The molecule has 0 atom stereocenters. The van der Waals surface area contributed by atoms with Gasteiger partial charge >= 0.3 is 0 Å². The third-order valence-corrected chi connectivity index (χ3v) is 0.877. The van der Waals surface area contributed by atoms with E-state index in [9.17, 15) is 4.79 Å². The summed E-state index contributed by atoms with van der Waals surface area (Å²) in [6.45, 7) is 0. The van der Waals surface area contributed by atoms with E-state index in [4.69, 9.17) is 11.6 Å². The number of carbonyl (C=O) groups is 1. The first-order valence-corrected chi connectivity index (χ1v) is 2.84. The maximum atomic E-state index is 9.88. The molecule has 0 radical (unpaired) electrons. The molecule has 0 saturated carbocycles. The van der Waals surface area contributed by atoms with Crippen molar-refractivity contribution in [3.8, 4) is 0 Å². The summed E-state index contributed by atoms with van der Waals surface area (Å²) in [4.78, 5) is 9.88. The summed E-state index contributed by atoms with van der Waals surface area (Å²) in [6, 6.07) is 0. The molecule has 0 aromatic heterocycles. The maximum Gasteiger partial charge on any atom is 0.198 e. The third-order valence-electron chi connectivity index (χ3n) is 0.291. The minimum atomic E-state index is -0.0301. The van der Waals surface area contributed by atoms with E-state index in [1.54, 1.807) is 0 Å². The normalized spacial score (nSPS) is 8.33. The fraction of sp³-hybridized carbons (Fsp3) is 0.667. The van der Waals surface area contributed by atoms with Gasteiger partial charge in [0.05, 0.1) is 0 Å². The Hall–Kier alpha value is 0.440. The van der Waals surface area contributed by atoms with Crippen molar-refractivity contribution in [1.29, 1.82) is 0 Å². The monoisotopic (exact) mass is 170 g/mol. The van der Waals surface area contributed by atoms with Gasteiger partial charge in [-0.05, 0) is 15.9 Å². The van der Waals surface area contributed by atoms with Crippen molar-refractivity contribution in [2.45, 2.75) is 6.42 Å². The molecule has 0 saturated heterocycles. The van der Waals surface area contributed by atoms with E-state index < -0.39 is 0 Å². The highest BCUT2D eigenvalue weighted by molar-refractivity contribution is 9.18. The van der Waals surface area contributed by atoms with Gasteiger partial charge in [-0.25, -0.2) is 0 Å². The summed E-state index contributed by atoms with van der Waals surface area (Å²) in [5, 5.41) is 0. The number of halogens is 2. The second-order valence-electron chi connectivity index (χ2n) is 0.794. The van der Waals surface area contributed by atoms with Gasteiger partial charge < -0.3 is 0 Å². The minimum absolute atomic E-state index is 0.0301. The zero-order valence-electron chi connectivity index (χ0n) is 3.08. The summed E-state index contributed by atoms with van der Waals surface area (Å²) in [5.41, 5.74) is 0. The Bertz CT molecular complexity index is 54.8. The third kappa shape index (κ3) is 4.44. The van der Waals surface area contributed by atoms with Crippen molar-refractivity contribution in [3.05, 3.63) is 0 Å². The highest BCUT2D eigenvalue weighted by Gasteiger charge is 1.88. The van der Waals surface area contributed by atoms with Crippen LogP contribution in [0.1, 0.15) is 6.42 Å². The van der Waals surface area contributed by atoms with E-state index in [0.717, 1.165) is 0 Å². The van der Waals surface area contributed by atoms with Crippen molar-refractivity contribution < 1.29 is 4.79 Å². The molecule has 36 valence electrons. The van der Waals surface area contributed by atoms with Crippen molar-refractivity contribution in [1.82, 2.24) is 0 Å². The molecule has 0 heterocycles. The molecule has 0 rings (SSSR count). The zero-order chi connectivity index (χ0) is 4.99. The lowest BCUT2D eigenvalue weighted by molar-refractivity contribution is -0.110. The van der Waals surface area contributed by atoms with Crippen LogP contribution in [0.15, 0.2) is 0 Å². The van der Waals surface area contributed by atoms with Crippen LogP contribution in [0, 0.1) is 0 Å². The van der Waals surface area contributed by atoms with Gasteiger partial charge in [0.1, 0.15) is 0 Å². The highest BCUT2D eigenvalue weighted by atomic mass is 79.9. The molecular weight excluding hydrogens is 167 g/mol. The van der Waals surface area contributed by atoms with Crippen LogP contribution in [-0.4, -0.2) is 10.6 Å². The van der Waals surface area contributed by atoms with Crippen molar-refractivity contribution >= 4 is 32.2 Å². The fourth-order valence-electron chi connectivity index (χ4n) is 0.0743. The van der Waals surface area contributed by atoms with Crippen LogP contribution in [0.3, 0.4) is 0 Å². The second-order valence-corrected chi connectivity index (χ2v) is 2.06. The van der Waals surface area contributed by atoms with Crippen LogP contribution in [-0.2, 0) is 4.79 Å². The van der Waals surface area contributed by atoms with Gasteiger partial charge in [-0.2, -0.15) is 0 Å². The summed E-state index contributed by atoms with van der Waals surface area (Å²) in [6.07, 6.45) is 0.418. The molecule has 1 nitrogen and oxygen atoms in total. The Morgan fingerprint density at radius 2 is 2.33 bits per heavy atom. The van der Waals surface area contributed by atoms with E-state index in [1.165, 1.54) is 0 Å². The Kier molecular flexibility index (Phi) is 3.89. The van der Waals surface area contributed by atoms with Crippen LogP contribution < -0.4 is 0 Å². The number of rotatable bonds is 2. The minimum Gasteiger partial charge on any atom is -0.287 e. The van der Waals surface area contributed by atoms with Crippen LogP contribution in [0.4, 0.5) is 0 Å². The first-order valence-electron chi connectivity index (χ1n) is 1.51. The van der Waals surface area contributed by atoms with Crippen molar-refractivity contribution in [2.24, 2.45) is 0 Å². The molecule has 0 amide bonds. The molecule has 0 aliphatic rings. The number of hydrogen-bond acceptors (Lipinski definition) is 1. The van der Waals surface area contributed by atoms with E-state index in [1.807, 2.05) is 0 Å². The Labute approximate surface area is 49.8 Å². The smallest absolute Gasteiger partial charge is 0.198 e. The molecule has 0 N–H and O–H groups in total. The van der Waals surface area contributed by atoms with Gasteiger partial charge in [0.2, 0.25) is 0 Å². The Balaban J connectivity index is 2.83. The number of hydrogen-bond donors (Lipinski definition) is 0. The Morgan fingerprint density at radius 3 is 2.33 bits per heavy atom. The van der Waals surface area contributed by atoms with E-state index in [0.29, 0.717) is 12.3 Å². The van der Waals surface area contributed by atoms with Crippen LogP contribution >= 0.6 is 27.5 Å². The molecule has 0 spiro atoms. The lowest BCUT2D eigenvalue weighted by atomic mass is 10.6. The summed E-state index contributed by atoms with van der Waals surface area (Å²) in [7, 11) is 0. The lowest BCUT2D eigenvalue weighted by Crippen LogP contribution is -1.82. The standard InChI is InChI=1S/C3H4BrClO/c4-3(6)1-2-5/h1-2H2. The first kappa shape index (κ1) is 6.44. The SMILES string of the molecule is O=C(Br)CCCl. The quantitative estimate of drug-likeness (QED) is 0.455. The van der Waals surface area contributed by atoms with Gasteiger partial charge in [0, 0.05) is 12.3 Å². The molecule has 0 aromatic carbocycles. The molecule has 3 heteroatoms. The number of alkyl halides is 1. The van der Waals surface area contributed by atoms with Gasteiger partial charge in [-0.1, -0.05) is 0 Å². The van der Waals surface area contributed by atoms with E-state index in [2.05, 4.69) is 15.9 Å². The molecule has 0 fully saturated rings. The maximum absolute atomic E-state index is 9.88. The van der Waals surface area contributed by atoms with Gasteiger partial charge in [-0.15, -0.1) is 11.6 Å². The summed E-state index contributed by atoms with van der Waals surface area (Å²) in [5.74, 6) is 0.407. The first-order chi connectivity index (χ1) is 2.77. The fourth-order valence-corrected chi connectivity index (χ4v) is 0.672. The van der Waals surface area contributed by atoms with Crippen molar-refractivity contribution in [2.75, 3.05) is 5.88 Å². The van der Waals surface area contributed by atoms with Gasteiger partial charge in [-0.3, -0.25) is 4.79 Å². The molecule has 0 aliphatic carbocycles. The molecular formula is C3H4BrClO. The molecule has 6 heavy (non-hydrogen) atoms. The average molecular weight is 171 g/mol. The molecule has 0 aliphatic heterocycles. The largest absolute Gasteiger partial charge is 0.287 e. The second kappa shape index (κ2) is 3.62. The van der Waals surface area contributed by atoms with Gasteiger partial charge in [0.15, 0.2) is 4.69 Å². The van der Waals surface area contributed by atoms with E-state index >= 15 is 0 Å². The van der Waals surface area contributed by atoms with Gasteiger partial charge in [0.25, 0.3) is 0 Å². The Morgan fingerprint density at radius 1 is 1.83 bits per heavy atom. The topological polar surface area (TPSA) is 17.1 Å². The zero-order valence-corrected chi connectivity index (χ0v) is 5.42. The lowest BCUT2D eigenvalue weighted by Gasteiger charge is -1.76. The van der Waals surface area contributed by atoms with Crippen LogP contribution in [0.5, 0.6) is 0 Å². The number of carbonyl (C=O) groups excluding carboxylic acids is 1. The van der Waals surface area contributed by atoms with E-state index in [-0.39, 0.29) is 4.69 Å². The highest BCUT2D eigenvalue weighted by Crippen LogP contribution is 1.91. The average Bonchev–Trinajstić information content (AvgIpc) is 1.35. The summed E-state index contributed by atoms with van der Waals surface area (Å²) < 4.78 is -0.0301. The molecule has 0 aromatic rings.